The number of phenols is 2. The van der Waals surface area contributed by atoms with Gasteiger partial charge in [0, 0.05) is 5.56 Å². The standard InChI is InChI=1S/C29H28Br2O6/c1-5-14-12-20(30)25(32)23(16(14)7-3)29(24-17(8-4)15(6-2)13-21(31)26(24)33)19-11-9-10-18(27(34)35)22(19)28(36)37-29/h9-13,32-33H,5-8H2,1-4H3,(H,34,35). The van der Waals surface area contributed by atoms with Crippen molar-refractivity contribution in [1.29, 1.82) is 0 Å². The molecule has 1 aliphatic rings. The number of aromatic hydroxyl groups is 2. The quantitative estimate of drug-likeness (QED) is 0.242. The molecular weight excluding hydrogens is 604 g/mol. The number of rotatable bonds is 7. The molecule has 0 unspecified atom stereocenters. The topological polar surface area (TPSA) is 104 Å². The zero-order valence-electron chi connectivity index (χ0n) is 21.0. The summed E-state index contributed by atoms with van der Waals surface area (Å²) in [6.07, 6.45) is 2.30. The van der Waals surface area contributed by atoms with Crippen LogP contribution in [0.2, 0.25) is 0 Å². The lowest BCUT2D eigenvalue weighted by molar-refractivity contribution is 0.0231. The molecule has 0 fully saturated rings. The highest BCUT2D eigenvalue weighted by molar-refractivity contribution is 9.10. The number of hydrogen-bond acceptors (Lipinski definition) is 5. The third kappa shape index (κ3) is 3.96. The van der Waals surface area contributed by atoms with Crippen molar-refractivity contribution in [3.63, 3.8) is 0 Å². The summed E-state index contributed by atoms with van der Waals surface area (Å²) in [4.78, 5) is 25.7. The van der Waals surface area contributed by atoms with E-state index in [1.165, 1.54) is 6.07 Å². The van der Waals surface area contributed by atoms with E-state index in [9.17, 15) is 24.9 Å². The molecule has 0 radical (unpaired) electrons. The Kier molecular flexibility index (Phi) is 7.45. The molecule has 1 aliphatic heterocycles. The van der Waals surface area contributed by atoms with Crippen LogP contribution in [-0.4, -0.2) is 27.3 Å². The summed E-state index contributed by atoms with van der Waals surface area (Å²) >= 11 is 6.96. The largest absolute Gasteiger partial charge is 0.506 e. The first-order chi connectivity index (χ1) is 17.6. The number of fused-ring (bicyclic) bond motifs is 1. The van der Waals surface area contributed by atoms with Crippen LogP contribution in [-0.2, 0) is 36.0 Å². The van der Waals surface area contributed by atoms with Crippen molar-refractivity contribution in [2.45, 2.75) is 59.0 Å². The number of phenolic OH excluding ortho intramolecular Hbond substituents is 2. The van der Waals surface area contributed by atoms with Crippen molar-refractivity contribution in [3.8, 4) is 11.5 Å². The number of ether oxygens (including phenoxy) is 1. The van der Waals surface area contributed by atoms with Crippen molar-refractivity contribution in [2.75, 3.05) is 0 Å². The van der Waals surface area contributed by atoms with Crippen LogP contribution in [0.3, 0.4) is 0 Å². The molecule has 0 aliphatic carbocycles. The number of carbonyl (C=O) groups is 2. The van der Waals surface area contributed by atoms with Gasteiger partial charge in [-0.2, -0.15) is 0 Å². The summed E-state index contributed by atoms with van der Waals surface area (Å²) in [6.45, 7) is 7.89. The molecule has 3 N–H and O–H groups in total. The van der Waals surface area contributed by atoms with Crippen LogP contribution in [0.5, 0.6) is 11.5 Å². The van der Waals surface area contributed by atoms with Crippen LogP contribution in [0.15, 0.2) is 39.3 Å². The van der Waals surface area contributed by atoms with Gasteiger partial charge in [-0.25, -0.2) is 9.59 Å². The van der Waals surface area contributed by atoms with Crippen molar-refractivity contribution >= 4 is 43.8 Å². The molecule has 3 aromatic rings. The van der Waals surface area contributed by atoms with E-state index in [0.717, 1.165) is 22.3 Å². The molecule has 1 heterocycles. The first-order valence-corrected chi connectivity index (χ1v) is 13.8. The lowest BCUT2D eigenvalue weighted by atomic mass is 9.72. The molecule has 0 saturated carbocycles. The van der Waals surface area contributed by atoms with E-state index in [1.54, 1.807) is 12.1 Å². The second-order valence-electron chi connectivity index (χ2n) is 8.96. The third-order valence-electron chi connectivity index (χ3n) is 7.20. The lowest BCUT2D eigenvalue weighted by Crippen LogP contribution is -2.33. The van der Waals surface area contributed by atoms with Gasteiger partial charge in [-0.1, -0.05) is 39.8 Å². The monoisotopic (exact) mass is 630 g/mol. The molecule has 0 bridgehead atoms. The van der Waals surface area contributed by atoms with E-state index >= 15 is 0 Å². The Labute approximate surface area is 232 Å². The Hall–Kier alpha value is -2.84. The number of aromatic carboxylic acids is 1. The fourth-order valence-corrected chi connectivity index (χ4v) is 6.59. The predicted octanol–water partition coefficient (Wildman–Crippen LogP) is 7.03. The average molecular weight is 632 g/mol. The maximum Gasteiger partial charge on any atom is 0.341 e. The highest BCUT2D eigenvalue weighted by atomic mass is 79.9. The summed E-state index contributed by atoms with van der Waals surface area (Å²) in [5.41, 5.74) is 2.24. The Balaban J connectivity index is 2.35. The van der Waals surface area contributed by atoms with Gasteiger partial charge in [0.25, 0.3) is 0 Å². The highest BCUT2D eigenvalue weighted by Crippen LogP contribution is 2.57. The fourth-order valence-electron chi connectivity index (χ4n) is 5.64. The Morgan fingerprint density at radius 2 is 1.35 bits per heavy atom. The lowest BCUT2D eigenvalue weighted by Gasteiger charge is -2.36. The Bertz CT molecular complexity index is 1380. The van der Waals surface area contributed by atoms with E-state index < -0.39 is 17.5 Å². The molecule has 0 aromatic heterocycles. The van der Waals surface area contributed by atoms with Crippen LogP contribution < -0.4 is 0 Å². The van der Waals surface area contributed by atoms with Gasteiger partial charge >= 0.3 is 11.9 Å². The minimum atomic E-state index is -1.79. The molecule has 6 nitrogen and oxygen atoms in total. The zero-order valence-corrected chi connectivity index (χ0v) is 24.2. The fraction of sp³-hybridized carbons (Fsp3) is 0.310. The molecule has 0 amide bonds. The third-order valence-corrected chi connectivity index (χ3v) is 8.41. The number of hydrogen-bond donors (Lipinski definition) is 3. The molecule has 0 spiro atoms. The molecule has 3 aromatic carbocycles. The van der Waals surface area contributed by atoms with Gasteiger partial charge in [0.2, 0.25) is 0 Å². The Morgan fingerprint density at radius 3 is 1.76 bits per heavy atom. The minimum Gasteiger partial charge on any atom is -0.506 e. The number of esters is 1. The second-order valence-corrected chi connectivity index (χ2v) is 10.7. The van der Waals surface area contributed by atoms with E-state index in [-0.39, 0.29) is 28.2 Å². The molecular formula is C29H28Br2O6. The smallest absolute Gasteiger partial charge is 0.341 e. The average Bonchev–Trinajstić information content (AvgIpc) is 3.18. The van der Waals surface area contributed by atoms with Crippen molar-refractivity contribution in [2.24, 2.45) is 0 Å². The number of carboxylic acids is 1. The van der Waals surface area contributed by atoms with Crippen molar-refractivity contribution in [3.05, 3.63) is 89.3 Å². The van der Waals surface area contributed by atoms with Crippen LogP contribution in [0.4, 0.5) is 0 Å². The minimum absolute atomic E-state index is 0.0889. The summed E-state index contributed by atoms with van der Waals surface area (Å²) in [5, 5.41) is 33.1. The van der Waals surface area contributed by atoms with Gasteiger partial charge in [0.1, 0.15) is 11.5 Å². The molecule has 194 valence electrons. The SMILES string of the molecule is CCc1cc(Br)c(O)c(C2(c3c(O)c(Br)cc(CC)c3CC)OC(=O)c3c(C(=O)O)cccc32)c1CC. The molecule has 0 atom stereocenters. The summed E-state index contributed by atoms with van der Waals surface area (Å²) in [6, 6.07) is 8.24. The first-order valence-electron chi connectivity index (χ1n) is 12.3. The Morgan fingerprint density at radius 1 is 0.865 bits per heavy atom. The van der Waals surface area contributed by atoms with Gasteiger partial charge < -0.3 is 20.1 Å². The normalized spacial score (nSPS) is 13.9. The van der Waals surface area contributed by atoms with E-state index in [4.69, 9.17) is 4.74 Å². The molecule has 4 rings (SSSR count). The van der Waals surface area contributed by atoms with Crippen molar-refractivity contribution < 1.29 is 29.6 Å². The molecule has 8 heteroatoms. The first kappa shape index (κ1) is 27.2. The van der Waals surface area contributed by atoms with E-state index in [0.29, 0.717) is 45.8 Å². The zero-order chi connectivity index (χ0) is 27.2. The van der Waals surface area contributed by atoms with Crippen LogP contribution in [0, 0.1) is 0 Å². The van der Waals surface area contributed by atoms with Gasteiger partial charge in [-0.05, 0) is 98.0 Å². The van der Waals surface area contributed by atoms with Crippen LogP contribution in [0.25, 0.3) is 0 Å². The van der Waals surface area contributed by atoms with Gasteiger partial charge in [0.05, 0.1) is 31.2 Å². The van der Waals surface area contributed by atoms with E-state index in [1.807, 2.05) is 39.8 Å². The van der Waals surface area contributed by atoms with Gasteiger partial charge in [0.15, 0.2) is 5.60 Å². The maximum absolute atomic E-state index is 13.6. The van der Waals surface area contributed by atoms with Crippen molar-refractivity contribution in [1.82, 2.24) is 0 Å². The predicted molar refractivity (Wildman–Crippen MR) is 148 cm³/mol. The van der Waals surface area contributed by atoms with Gasteiger partial charge in [-0.3, -0.25) is 0 Å². The van der Waals surface area contributed by atoms with E-state index in [2.05, 4.69) is 31.9 Å². The number of carboxylic acid groups (broad SMARTS) is 1. The summed E-state index contributed by atoms with van der Waals surface area (Å²) < 4.78 is 7.10. The summed E-state index contributed by atoms with van der Waals surface area (Å²) in [5.74, 6) is -2.35. The molecule has 37 heavy (non-hydrogen) atoms. The van der Waals surface area contributed by atoms with Gasteiger partial charge in [-0.15, -0.1) is 0 Å². The summed E-state index contributed by atoms with van der Waals surface area (Å²) in [7, 11) is 0. The van der Waals surface area contributed by atoms with Crippen LogP contribution in [0.1, 0.15) is 87.4 Å². The maximum atomic E-state index is 13.6. The molecule has 0 saturated heterocycles. The number of carbonyl (C=O) groups excluding carboxylic acids is 1. The number of cyclic esters (lactones) is 1. The number of halogens is 2. The second kappa shape index (κ2) is 10.1. The number of benzene rings is 3. The highest BCUT2D eigenvalue weighted by Gasteiger charge is 2.55. The number of aryl methyl sites for hydroxylation is 2. The van der Waals surface area contributed by atoms with Crippen LogP contribution >= 0.6 is 31.9 Å².